The van der Waals surface area contributed by atoms with E-state index in [0.717, 1.165) is 11.1 Å². The smallest absolute Gasteiger partial charge is 0.408 e. The molecule has 0 fully saturated rings. The summed E-state index contributed by atoms with van der Waals surface area (Å²) < 4.78 is 23.4. The van der Waals surface area contributed by atoms with Crippen molar-refractivity contribution in [2.45, 2.75) is 103 Å². The van der Waals surface area contributed by atoms with Gasteiger partial charge in [0.25, 0.3) is 0 Å². The van der Waals surface area contributed by atoms with E-state index in [1.165, 1.54) is 13.8 Å². The molecule has 0 saturated heterocycles. The first-order valence-corrected chi connectivity index (χ1v) is 13.5. The Morgan fingerprint density at radius 2 is 1.40 bits per heavy atom. The van der Waals surface area contributed by atoms with Crippen LogP contribution in [0.4, 0.5) is 4.79 Å². The summed E-state index contributed by atoms with van der Waals surface area (Å²) in [6, 6.07) is 19.3. The fourth-order valence-corrected chi connectivity index (χ4v) is 4.17. The molecule has 2 aromatic rings. The second kappa shape index (κ2) is 15.4. The molecule has 2 aromatic carbocycles. The molecule has 0 heterocycles. The van der Waals surface area contributed by atoms with Gasteiger partial charge in [0.1, 0.15) is 23.3 Å². The Hall–Kier alpha value is -3.43. The molecule has 0 aliphatic rings. The van der Waals surface area contributed by atoms with E-state index < -0.39 is 47.5 Å². The van der Waals surface area contributed by atoms with Crippen LogP contribution in [-0.2, 0) is 41.8 Å². The molecule has 0 aliphatic carbocycles. The molecule has 0 spiro atoms. The number of carboxylic acid groups (broad SMARTS) is 1. The van der Waals surface area contributed by atoms with Gasteiger partial charge in [0.2, 0.25) is 0 Å². The Labute approximate surface area is 237 Å². The van der Waals surface area contributed by atoms with Crippen LogP contribution in [0.15, 0.2) is 60.7 Å². The summed E-state index contributed by atoms with van der Waals surface area (Å²) in [4.78, 5) is 36.3. The summed E-state index contributed by atoms with van der Waals surface area (Å²) in [5.74, 6) is -1.62. The van der Waals surface area contributed by atoms with Crippen LogP contribution in [0.2, 0.25) is 0 Å². The summed E-state index contributed by atoms with van der Waals surface area (Å²) in [5, 5.41) is 12.4. The van der Waals surface area contributed by atoms with Crippen LogP contribution in [0.3, 0.4) is 0 Å². The Kier molecular flexibility index (Phi) is 12.6. The highest BCUT2D eigenvalue weighted by molar-refractivity contribution is 5.83. The van der Waals surface area contributed by atoms with Gasteiger partial charge in [-0.1, -0.05) is 60.7 Å². The number of carbonyl (C=O) groups excluding carboxylic acids is 2. The van der Waals surface area contributed by atoms with Gasteiger partial charge in [-0.15, -0.1) is 0 Å². The number of carbonyl (C=O) groups is 3. The van der Waals surface area contributed by atoms with E-state index in [1.807, 2.05) is 60.7 Å². The lowest BCUT2D eigenvalue weighted by Gasteiger charge is -2.33. The Balaban J connectivity index is 2.22. The maximum Gasteiger partial charge on any atom is 0.408 e. The van der Waals surface area contributed by atoms with Crippen LogP contribution >= 0.6 is 0 Å². The number of nitrogens with one attached hydrogen (secondary N) is 1. The van der Waals surface area contributed by atoms with Gasteiger partial charge in [0.15, 0.2) is 0 Å². The summed E-state index contributed by atoms with van der Waals surface area (Å²) in [7, 11) is 0. The summed E-state index contributed by atoms with van der Waals surface area (Å²) in [5.41, 5.74) is -0.426. The van der Waals surface area contributed by atoms with Crippen molar-refractivity contribution in [3.05, 3.63) is 71.8 Å². The number of esters is 1. The number of aliphatic carboxylic acids is 1. The maximum absolute atomic E-state index is 12.4. The summed E-state index contributed by atoms with van der Waals surface area (Å²) in [6.07, 6.45) is -1.75. The quantitative estimate of drug-likeness (QED) is 0.270. The third-order valence-corrected chi connectivity index (χ3v) is 6.19. The fraction of sp³-hybridized carbons (Fsp3) is 0.516. The van der Waals surface area contributed by atoms with Crippen LogP contribution in [0, 0.1) is 0 Å². The molecule has 0 saturated carbocycles. The largest absolute Gasteiger partial charge is 0.480 e. The van der Waals surface area contributed by atoms with E-state index in [9.17, 15) is 19.5 Å². The summed E-state index contributed by atoms with van der Waals surface area (Å²) in [6.45, 7) is 10.2. The second-order valence-corrected chi connectivity index (χ2v) is 11.1. The Bertz CT molecular complexity index is 1070. The predicted molar refractivity (Wildman–Crippen MR) is 151 cm³/mol. The van der Waals surface area contributed by atoms with Gasteiger partial charge in [-0.3, -0.25) is 4.79 Å². The first kappa shape index (κ1) is 32.8. The van der Waals surface area contributed by atoms with Crippen molar-refractivity contribution in [2.24, 2.45) is 0 Å². The van der Waals surface area contributed by atoms with Crippen molar-refractivity contribution >= 4 is 18.0 Å². The number of hydrogen-bond acceptors (Lipinski definition) is 7. The third kappa shape index (κ3) is 11.8. The highest BCUT2D eigenvalue weighted by Crippen LogP contribution is 2.24. The molecule has 4 atom stereocenters. The molecule has 0 aliphatic heterocycles. The minimum atomic E-state index is -1.56. The molecular formula is C31H43NO8. The molecule has 40 heavy (non-hydrogen) atoms. The topological polar surface area (TPSA) is 120 Å². The SMILES string of the molecule is CC(=O)O[C@@H](C)[C@H](OCc1ccccc1)[C@H](CCC[C@](C)(NC(=O)OC(C)(C)C)C(=O)O)OCc1ccccc1. The fourth-order valence-electron chi connectivity index (χ4n) is 4.17. The van der Waals surface area contributed by atoms with E-state index >= 15 is 0 Å². The monoisotopic (exact) mass is 557 g/mol. The Morgan fingerprint density at radius 1 is 0.875 bits per heavy atom. The standard InChI is InChI=1S/C31H43NO8/c1-22(39-23(2)33)27(38-21-25-16-11-8-12-17-25)26(37-20-24-14-9-7-10-15-24)18-13-19-31(6,28(34)35)32-29(36)40-30(3,4)5/h7-12,14-17,22,26-27H,13,18-21H2,1-6H3,(H,32,36)(H,34,35)/t22-,26-,27-,31-/m0/s1. The van der Waals surface area contributed by atoms with Crippen molar-refractivity contribution in [3.8, 4) is 0 Å². The number of amides is 1. The third-order valence-electron chi connectivity index (χ3n) is 6.19. The first-order chi connectivity index (χ1) is 18.8. The molecule has 1 amide bonds. The van der Waals surface area contributed by atoms with Crippen LogP contribution in [0.1, 0.15) is 71.9 Å². The van der Waals surface area contributed by atoms with Gasteiger partial charge >= 0.3 is 18.0 Å². The number of rotatable bonds is 15. The van der Waals surface area contributed by atoms with E-state index in [4.69, 9.17) is 18.9 Å². The lowest BCUT2D eigenvalue weighted by molar-refractivity contribution is -0.169. The van der Waals surface area contributed by atoms with Gasteiger partial charge in [-0.2, -0.15) is 0 Å². The van der Waals surface area contributed by atoms with Crippen molar-refractivity contribution in [1.29, 1.82) is 0 Å². The molecular weight excluding hydrogens is 514 g/mol. The van der Waals surface area contributed by atoms with Crippen molar-refractivity contribution in [1.82, 2.24) is 5.32 Å². The average Bonchev–Trinajstić information content (AvgIpc) is 2.86. The zero-order chi connectivity index (χ0) is 29.8. The molecule has 0 radical (unpaired) electrons. The van der Waals surface area contributed by atoms with Crippen molar-refractivity contribution in [3.63, 3.8) is 0 Å². The molecule has 2 rings (SSSR count). The first-order valence-electron chi connectivity index (χ1n) is 13.5. The molecule has 0 aromatic heterocycles. The molecule has 0 bridgehead atoms. The number of alkyl carbamates (subject to hydrolysis) is 1. The molecule has 0 unspecified atom stereocenters. The zero-order valence-corrected chi connectivity index (χ0v) is 24.3. The van der Waals surface area contributed by atoms with Crippen LogP contribution in [-0.4, -0.2) is 52.6 Å². The van der Waals surface area contributed by atoms with Gasteiger partial charge in [-0.05, 0) is 65.0 Å². The maximum atomic E-state index is 12.4. The molecule has 220 valence electrons. The van der Waals surface area contributed by atoms with Crippen LogP contribution in [0.5, 0.6) is 0 Å². The lowest BCUT2D eigenvalue weighted by atomic mass is 9.92. The number of hydrogen-bond donors (Lipinski definition) is 2. The molecule has 9 nitrogen and oxygen atoms in total. The highest BCUT2D eigenvalue weighted by Gasteiger charge is 2.37. The van der Waals surface area contributed by atoms with E-state index in [-0.39, 0.29) is 19.6 Å². The van der Waals surface area contributed by atoms with Gasteiger partial charge in [0, 0.05) is 6.92 Å². The van der Waals surface area contributed by atoms with Gasteiger partial charge < -0.3 is 29.4 Å². The minimum absolute atomic E-state index is 0.111. The molecule has 2 N–H and O–H groups in total. The second-order valence-electron chi connectivity index (χ2n) is 11.1. The number of carboxylic acids is 1. The number of ether oxygens (including phenoxy) is 4. The van der Waals surface area contributed by atoms with Crippen LogP contribution < -0.4 is 5.32 Å². The van der Waals surface area contributed by atoms with E-state index in [0.29, 0.717) is 12.8 Å². The van der Waals surface area contributed by atoms with Crippen LogP contribution in [0.25, 0.3) is 0 Å². The predicted octanol–water partition coefficient (Wildman–Crippen LogP) is 5.65. The summed E-state index contributed by atoms with van der Waals surface area (Å²) >= 11 is 0. The zero-order valence-electron chi connectivity index (χ0n) is 24.3. The van der Waals surface area contributed by atoms with E-state index in [1.54, 1.807) is 27.7 Å². The highest BCUT2D eigenvalue weighted by atomic mass is 16.6. The lowest BCUT2D eigenvalue weighted by Crippen LogP contribution is -2.53. The number of benzene rings is 2. The van der Waals surface area contributed by atoms with Crippen molar-refractivity contribution < 1.29 is 38.4 Å². The molecule has 9 heteroatoms. The average molecular weight is 558 g/mol. The van der Waals surface area contributed by atoms with E-state index in [2.05, 4.69) is 5.32 Å². The Morgan fingerprint density at radius 3 is 1.88 bits per heavy atom. The van der Waals surface area contributed by atoms with Gasteiger partial charge in [-0.25, -0.2) is 9.59 Å². The minimum Gasteiger partial charge on any atom is -0.480 e. The van der Waals surface area contributed by atoms with Gasteiger partial charge in [0.05, 0.1) is 19.3 Å². The van der Waals surface area contributed by atoms with Crippen molar-refractivity contribution in [2.75, 3.05) is 0 Å². The normalized spacial score (nSPS) is 15.2.